The summed E-state index contributed by atoms with van der Waals surface area (Å²) < 4.78 is 0. The number of hydrogen-bond acceptors (Lipinski definition) is 2. The van der Waals surface area contributed by atoms with Crippen LogP contribution in [0.2, 0.25) is 0 Å². The summed E-state index contributed by atoms with van der Waals surface area (Å²) in [7, 11) is 0. The lowest BCUT2D eigenvalue weighted by Crippen LogP contribution is -2.34. The fourth-order valence-electron chi connectivity index (χ4n) is 2.70. The third kappa shape index (κ3) is 2.03. The standard InChI is InChI=1S/C14H18N2O/c17-16(12-7-2-1-3-8-12)14-10-11-6-4-5-9-13(11)15-14/h4-6,9-10,12,15,17H,1-3,7-8H2. The van der Waals surface area contributed by atoms with Gasteiger partial charge in [-0.2, -0.15) is 0 Å². The van der Waals surface area contributed by atoms with E-state index in [1.165, 1.54) is 24.3 Å². The van der Waals surface area contributed by atoms with Crippen molar-refractivity contribution < 1.29 is 5.21 Å². The minimum atomic E-state index is 0.275. The molecule has 1 aliphatic carbocycles. The van der Waals surface area contributed by atoms with Gasteiger partial charge in [0.15, 0.2) is 0 Å². The van der Waals surface area contributed by atoms with Crippen LogP contribution < -0.4 is 5.06 Å². The van der Waals surface area contributed by atoms with Gasteiger partial charge in [-0.05, 0) is 25.0 Å². The molecule has 0 aliphatic heterocycles. The zero-order valence-electron chi connectivity index (χ0n) is 9.89. The first-order valence-corrected chi connectivity index (χ1v) is 6.40. The second-order valence-corrected chi connectivity index (χ2v) is 4.88. The fourth-order valence-corrected chi connectivity index (χ4v) is 2.70. The van der Waals surface area contributed by atoms with E-state index in [-0.39, 0.29) is 6.04 Å². The fraction of sp³-hybridized carbons (Fsp3) is 0.429. The number of benzene rings is 1. The predicted octanol–water partition coefficient (Wildman–Crippen LogP) is 3.70. The van der Waals surface area contributed by atoms with E-state index in [1.807, 2.05) is 24.3 Å². The first-order valence-electron chi connectivity index (χ1n) is 6.40. The summed E-state index contributed by atoms with van der Waals surface area (Å²) in [6, 6.07) is 10.4. The zero-order valence-corrected chi connectivity index (χ0v) is 9.89. The number of hydroxylamine groups is 1. The third-order valence-electron chi connectivity index (χ3n) is 3.68. The number of H-pyrrole nitrogens is 1. The summed E-state index contributed by atoms with van der Waals surface area (Å²) in [6.07, 6.45) is 5.93. The molecular formula is C14H18N2O. The molecule has 17 heavy (non-hydrogen) atoms. The number of aromatic nitrogens is 1. The number of nitrogens with one attached hydrogen (secondary N) is 1. The molecule has 90 valence electrons. The van der Waals surface area contributed by atoms with E-state index in [0.29, 0.717) is 0 Å². The number of hydrogen-bond donors (Lipinski definition) is 2. The average molecular weight is 230 g/mol. The van der Waals surface area contributed by atoms with Gasteiger partial charge in [0.25, 0.3) is 0 Å². The third-order valence-corrected chi connectivity index (χ3v) is 3.68. The number of anilines is 1. The van der Waals surface area contributed by atoms with E-state index >= 15 is 0 Å². The Hall–Kier alpha value is -1.48. The van der Waals surface area contributed by atoms with Crippen LogP contribution in [0, 0.1) is 0 Å². The van der Waals surface area contributed by atoms with Gasteiger partial charge in [-0.25, -0.2) is 5.06 Å². The summed E-state index contributed by atoms with van der Waals surface area (Å²) in [4.78, 5) is 3.27. The lowest BCUT2D eigenvalue weighted by atomic mass is 9.95. The minimum Gasteiger partial charge on any atom is -0.340 e. The maximum atomic E-state index is 10.2. The normalized spacial score (nSPS) is 17.5. The van der Waals surface area contributed by atoms with Gasteiger partial charge in [-0.1, -0.05) is 37.5 Å². The van der Waals surface area contributed by atoms with Gasteiger partial charge >= 0.3 is 0 Å². The van der Waals surface area contributed by atoms with E-state index in [9.17, 15) is 5.21 Å². The molecule has 2 aromatic rings. The highest BCUT2D eigenvalue weighted by Gasteiger charge is 2.21. The lowest BCUT2D eigenvalue weighted by Gasteiger charge is -2.29. The molecule has 2 N–H and O–H groups in total. The highest BCUT2D eigenvalue weighted by molar-refractivity contribution is 5.83. The van der Waals surface area contributed by atoms with Gasteiger partial charge < -0.3 is 4.98 Å². The van der Waals surface area contributed by atoms with Gasteiger partial charge in [-0.15, -0.1) is 0 Å². The van der Waals surface area contributed by atoms with Crippen LogP contribution in [-0.4, -0.2) is 16.2 Å². The molecule has 0 bridgehead atoms. The Morgan fingerprint density at radius 1 is 1.12 bits per heavy atom. The molecule has 0 amide bonds. The molecule has 1 aromatic heterocycles. The molecule has 0 radical (unpaired) electrons. The molecular weight excluding hydrogens is 212 g/mol. The van der Waals surface area contributed by atoms with Crippen molar-refractivity contribution in [2.45, 2.75) is 38.1 Å². The van der Waals surface area contributed by atoms with Crippen molar-refractivity contribution in [3.8, 4) is 0 Å². The van der Waals surface area contributed by atoms with E-state index in [1.54, 1.807) is 0 Å². The van der Waals surface area contributed by atoms with E-state index in [2.05, 4.69) is 11.1 Å². The molecule has 3 heteroatoms. The Morgan fingerprint density at radius 3 is 2.65 bits per heavy atom. The van der Waals surface area contributed by atoms with Crippen LogP contribution >= 0.6 is 0 Å². The molecule has 3 nitrogen and oxygen atoms in total. The van der Waals surface area contributed by atoms with Crippen molar-refractivity contribution in [1.82, 2.24) is 4.98 Å². The van der Waals surface area contributed by atoms with Crippen LogP contribution in [0.4, 0.5) is 5.82 Å². The molecule has 1 fully saturated rings. The first kappa shape index (κ1) is 10.7. The van der Waals surface area contributed by atoms with Crippen molar-refractivity contribution in [1.29, 1.82) is 0 Å². The van der Waals surface area contributed by atoms with E-state index in [0.717, 1.165) is 29.6 Å². The van der Waals surface area contributed by atoms with Gasteiger partial charge in [0.2, 0.25) is 0 Å². The molecule has 0 unspecified atom stereocenters. The maximum Gasteiger partial charge on any atom is 0.131 e. The Bertz CT molecular complexity index is 467. The average Bonchev–Trinajstić information content (AvgIpc) is 2.82. The SMILES string of the molecule is ON(c1cc2ccccc2[nH]1)C1CCCCC1. The summed E-state index contributed by atoms with van der Waals surface area (Å²) in [5, 5.41) is 12.8. The van der Waals surface area contributed by atoms with Crippen LogP contribution in [0.1, 0.15) is 32.1 Å². The summed E-state index contributed by atoms with van der Waals surface area (Å²) in [5.41, 5.74) is 1.08. The second-order valence-electron chi connectivity index (χ2n) is 4.88. The topological polar surface area (TPSA) is 39.3 Å². The molecule has 3 rings (SSSR count). The first-order chi connectivity index (χ1) is 8.34. The van der Waals surface area contributed by atoms with Gasteiger partial charge in [0.05, 0.1) is 6.04 Å². The Balaban J connectivity index is 1.86. The Kier molecular flexibility index (Phi) is 2.77. The van der Waals surface area contributed by atoms with Crippen LogP contribution in [0.15, 0.2) is 30.3 Å². The van der Waals surface area contributed by atoms with Crippen molar-refractivity contribution in [2.24, 2.45) is 0 Å². The molecule has 1 saturated carbocycles. The maximum absolute atomic E-state index is 10.2. The summed E-state index contributed by atoms with van der Waals surface area (Å²) in [5.74, 6) is 0.818. The van der Waals surface area contributed by atoms with Crippen molar-refractivity contribution in [2.75, 3.05) is 5.06 Å². The smallest absolute Gasteiger partial charge is 0.131 e. The Morgan fingerprint density at radius 2 is 1.88 bits per heavy atom. The molecule has 0 saturated heterocycles. The highest BCUT2D eigenvalue weighted by Crippen LogP contribution is 2.27. The van der Waals surface area contributed by atoms with Crippen LogP contribution in [-0.2, 0) is 0 Å². The monoisotopic (exact) mass is 230 g/mol. The van der Waals surface area contributed by atoms with Gasteiger partial charge in [0, 0.05) is 10.9 Å². The van der Waals surface area contributed by atoms with Gasteiger partial charge in [-0.3, -0.25) is 5.21 Å². The summed E-state index contributed by atoms with van der Waals surface area (Å²) >= 11 is 0. The summed E-state index contributed by atoms with van der Waals surface area (Å²) in [6.45, 7) is 0. The molecule has 0 atom stereocenters. The predicted molar refractivity (Wildman–Crippen MR) is 69.4 cm³/mol. The molecule has 1 heterocycles. The Labute approximate surface area is 101 Å². The molecule has 1 aliphatic rings. The highest BCUT2D eigenvalue weighted by atomic mass is 16.5. The van der Waals surface area contributed by atoms with Crippen molar-refractivity contribution >= 4 is 16.7 Å². The van der Waals surface area contributed by atoms with E-state index in [4.69, 9.17) is 0 Å². The number of fused-ring (bicyclic) bond motifs is 1. The number of para-hydroxylation sites is 1. The van der Waals surface area contributed by atoms with Crippen molar-refractivity contribution in [3.05, 3.63) is 30.3 Å². The lowest BCUT2D eigenvalue weighted by molar-refractivity contribution is 0.187. The number of aromatic amines is 1. The van der Waals surface area contributed by atoms with Crippen molar-refractivity contribution in [3.63, 3.8) is 0 Å². The van der Waals surface area contributed by atoms with Crippen LogP contribution in [0.3, 0.4) is 0 Å². The number of rotatable bonds is 2. The minimum absolute atomic E-state index is 0.275. The van der Waals surface area contributed by atoms with Crippen LogP contribution in [0.5, 0.6) is 0 Å². The zero-order chi connectivity index (χ0) is 11.7. The van der Waals surface area contributed by atoms with Gasteiger partial charge in [0.1, 0.15) is 5.82 Å². The largest absolute Gasteiger partial charge is 0.340 e. The molecule has 0 spiro atoms. The quantitative estimate of drug-likeness (QED) is 0.772. The number of nitrogens with zero attached hydrogens (tertiary/aromatic N) is 1. The van der Waals surface area contributed by atoms with Crippen LogP contribution in [0.25, 0.3) is 10.9 Å². The van der Waals surface area contributed by atoms with E-state index < -0.39 is 0 Å². The second kappa shape index (κ2) is 4.41. The molecule has 1 aromatic carbocycles.